The largest absolute Gasteiger partial charge is 0.491 e. The van der Waals surface area contributed by atoms with Crippen LogP contribution in [0.5, 0.6) is 5.75 Å². The summed E-state index contributed by atoms with van der Waals surface area (Å²) >= 11 is 0. The first-order chi connectivity index (χ1) is 16.1. The third-order valence-electron chi connectivity index (χ3n) is 5.06. The van der Waals surface area contributed by atoms with Gasteiger partial charge in [-0.15, -0.1) is 0 Å². The number of rotatable bonds is 9. The SMILES string of the molecule is C=NNc1ccc(Nc2nc(-c3cccc(N)c3)nc3cc(OCCOC)ccc23)cc1C. The molecule has 0 saturated heterocycles. The third kappa shape index (κ3) is 5.19. The van der Waals surface area contributed by atoms with Gasteiger partial charge in [-0.25, -0.2) is 9.97 Å². The molecule has 0 fully saturated rings. The van der Waals surface area contributed by atoms with Crippen molar-refractivity contribution in [3.8, 4) is 17.1 Å². The molecule has 3 aromatic carbocycles. The van der Waals surface area contributed by atoms with Gasteiger partial charge in [-0.3, -0.25) is 5.43 Å². The van der Waals surface area contributed by atoms with E-state index in [2.05, 4.69) is 22.6 Å². The maximum Gasteiger partial charge on any atom is 0.162 e. The number of hydrazone groups is 1. The smallest absolute Gasteiger partial charge is 0.162 e. The van der Waals surface area contributed by atoms with Gasteiger partial charge < -0.3 is 20.5 Å². The highest BCUT2D eigenvalue weighted by atomic mass is 16.5. The first-order valence-corrected chi connectivity index (χ1v) is 10.5. The topological polar surface area (TPSA) is 107 Å². The van der Waals surface area contributed by atoms with Crippen LogP contribution in [0.3, 0.4) is 0 Å². The number of nitrogen functional groups attached to an aromatic ring is 1. The number of fused-ring (bicyclic) bond motifs is 1. The first-order valence-electron chi connectivity index (χ1n) is 10.5. The van der Waals surface area contributed by atoms with E-state index in [1.807, 2.05) is 67.6 Å². The van der Waals surface area contributed by atoms with Crippen molar-refractivity contribution in [1.82, 2.24) is 9.97 Å². The van der Waals surface area contributed by atoms with Crippen molar-refractivity contribution in [2.24, 2.45) is 5.10 Å². The van der Waals surface area contributed by atoms with Crippen LogP contribution in [0, 0.1) is 6.92 Å². The lowest BCUT2D eigenvalue weighted by Gasteiger charge is -2.14. The summed E-state index contributed by atoms with van der Waals surface area (Å²) in [6, 6.07) is 19.2. The molecule has 0 atom stereocenters. The Bertz CT molecular complexity index is 1290. The molecule has 168 valence electrons. The van der Waals surface area contributed by atoms with Crippen molar-refractivity contribution in [3.05, 3.63) is 66.2 Å². The lowest BCUT2D eigenvalue weighted by atomic mass is 10.1. The molecule has 33 heavy (non-hydrogen) atoms. The minimum absolute atomic E-state index is 0.458. The molecule has 8 nitrogen and oxygen atoms in total. The van der Waals surface area contributed by atoms with Crippen LogP contribution in [-0.4, -0.2) is 37.0 Å². The van der Waals surface area contributed by atoms with Gasteiger partial charge in [0.2, 0.25) is 0 Å². The Labute approximate surface area is 192 Å². The fourth-order valence-corrected chi connectivity index (χ4v) is 3.43. The number of nitrogens with two attached hydrogens (primary N) is 1. The van der Waals surface area contributed by atoms with Gasteiger partial charge in [0, 0.05) is 42.2 Å². The minimum atomic E-state index is 0.458. The standard InChI is InChI=1S/C25H26N6O2/c1-16-13-19(7-10-22(16)31-27-2)28-25-21-9-8-20(33-12-11-32-3)15-23(21)29-24(30-25)17-5-4-6-18(26)14-17/h4-10,13-15,31H,2,11-12,26H2,1,3H3,(H,28,29,30). The molecule has 0 amide bonds. The molecule has 4 N–H and O–H groups in total. The van der Waals surface area contributed by atoms with Gasteiger partial charge >= 0.3 is 0 Å². The van der Waals surface area contributed by atoms with Crippen molar-refractivity contribution in [2.45, 2.75) is 6.92 Å². The number of anilines is 4. The van der Waals surface area contributed by atoms with E-state index >= 15 is 0 Å². The molecule has 0 bridgehead atoms. The molecule has 1 aromatic heterocycles. The number of hydrogen-bond donors (Lipinski definition) is 3. The minimum Gasteiger partial charge on any atom is -0.491 e. The molecular weight excluding hydrogens is 416 g/mol. The van der Waals surface area contributed by atoms with Crippen LogP contribution in [-0.2, 0) is 4.74 Å². The average molecular weight is 443 g/mol. The monoisotopic (exact) mass is 442 g/mol. The predicted octanol–water partition coefficient (Wildman–Crippen LogP) is 4.98. The molecule has 1 heterocycles. The highest BCUT2D eigenvalue weighted by Crippen LogP contribution is 2.31. The van der Waals surface area contributed by atoms with Crippen molar-refractivity contribution in [1.29, 1.82) is 0 Å². The summed E-state index contributed by atoms with van der Waals surface area (Å²) in [5.74, 6) is 1.96. The van der Waals surface area contributed by atoms with Crippen LogP contribution >= 0.6 is 0 Å². The van der Waals surface area contributed by atoms with E-state index in [1.165, 1.54) is 0 Å². The molecule has 0 aliphatic heterocycles. The van der Waals surface area contributed by atoms with E-state index < -0.39 is 0 Å². The van der Waals surface area contributed by atoms with Gasteiger partial charge in [0.1, 0.15) is 18.2 Å². The zero-order chi connectivity index (χ0) is 23.2. The van der Waals surface area contributed by atoms with Crippen LogP contribution < -0.4 is 21.2 Å². The average Bonchev–Trinajstić information content (AvgIpc) is 2.81. The van der Waals surface area contributed by atoms with Crippen LogP contribution in [0.25, 0.3) is 22.3 Å². The van der Waals surface area contributed by atoms with Crippen molar-refractivity contribution >= 4 is 40.5 Å². The Morgan fingerprint density at radius 2 is 1.91 bits per heavy atom. The maximum absolute atomic E-state index is 6.00. The molecule has 4 aromatic rings. The highest BCUT2D eigenvalue weighted by Gasteiger charge is 2.12. The fourth-order valence-electron chi connectivity index (χ4n) is 3.43. The van der Waals surface area contributed by atoms with Gasteiger partial charge in [-0.05, 0) is 55.0 Å². The van der Waals surface area contributed by atoms with E-state index in [-0.39, 0.29) is 0 Å². The van der Waals surface area contributed by atoms with E-state index in [9.17, 15) is 0 Å². The molecule has 0 aliphatic carbocycles. The molecule has 4 rings (SSSR count). The summed E-state index contributed by atoms with van der Waals surface area (Å²) in [7, 11) is 1.64. The van der Waals surface area contributed by atoms with Crippen molar-refractivity contribution in [3.63, 3.8) is 0 Å². The third-order valence-corrected chi connectivity index (χ3v) is 5.06. The number of benzene rings is 3. The number of aromatic nitrogens is 2. The number of nitrogens with one attached hydrogen (secondary N) is 2. The highest BCUT2D eigenvalue weighted by molar-refractivity contribution is 5.93. The summed E-state index contributed by atoms with van der Waals surface area (Å²) in [6.45, 7) is 6.44. The lowest BCUT2D eigenvalue weighted by molar-refractivity contribution is 0.146. The number of aryl methyl sites for hydroxylation is 1. The Morgan fingerprint density at radius 1 is 1.03 bits per heavy atom. The van der Waals surface area contributed by atoms with Crippen LogP contribution in [0.2, 0.25) is 0 Å². The Morgan fingerprint density at radius 3 is 2.67 bits per heavy atom. The van der Waals surface area contributed by atoms with Crippen LogP contribution in [0.15, 0.2) is 65.8 Å². The molecule has 0 unspecified atom stereocenters. The first kappa shape index (κ1) is 22.0. The van der Waals surface area contributed by atoms with Crippen LogP contribution in [0.1, 0.15) is 5.56 Å². The van der Waals surface area contributed by atoms with Crippen molar-refractivity contribution in [2.75, 3.05) is 36.8 Å². The molecule has 8 heteroatoms. The molecule has 0 radical (unpaired) electrons. The second-order valence-electron chi connectivity index (χ2n) is 7.47. The Balaban J connectivity index is 1.77. The Kier molecular flexibility index (Phi) is 6.66. The van der Waals surface area contributed by atoms with E-state index in [0.29, 0.717) is 36.3 Å². The normalized spacial score (nSPS) is 10.7. The zero-order valence-corrected chi connectivity index (χ0v) is 18.6. The van der Waals surface area contributed by atoms with Gasteiger partial charge in [-0.1, -0.05) is 12.1 Å². The number of hydrogen-bond acceptors (Lipinski definition) is 8. The van der Waals surface area contributed by atoms with Gasteiger partial charge in [0.15, 0.2) is 5.82 Å². The predicted molar refractivity (Wildman–Crippen MR) is 134 cm³/mol. The molecule has 0 saturated carbocycles. The summed E-state index contributed by atoms with van der Waals surface area (Å²) in [6.07, 6.45) is 0. The van der Waals surface area contributed by atoms with E-state index in [4.69, 9.17) is 25.2 Å². The van der Waals surface area contributed by atoms with Gasteiger partial charge in [-0.2, -0.15) is 5.10 Å². The summed E-state index contributed by atoms with van der Waals surface area (Å²) in [5.41, 5.74) is 13.9. The second-order valence-corrected chi connectivity index (χ2v) is 7.47. The summed E-state index contributed by atoms with van der Waals surface area (Å²) in [4.78, 5) is 9.60. The van der Waals surface area contributed by atoms with Gasteiger partial charge in [0.25, 0.3) is 0 Å². The fraction of sp³-hybridized carbons (Fsp3) is 0.160. The zero-order valence-electron chi connectivity index (χ0n) is 18.6. The maximum atomic E-state index is 6.00. The van der Waals surface area contributed by atoms with Crippen molar-refractivity contribution < 1.29 is 9.47 Å². The lowest BCUT2D eigenvalue weighted by Crippen LogP contribution is -2.05. The van der Waals surface area contributed by atoms with Crippen LogP contribution in [0.4, 0.5) is 22.9 Å². The second kappa shape index (κ2) is 9.97. The molecular formula is C25H26N6O2. The van der Waals surface area contributed by atoms with E-state index in [1.54, 1.807) is 7.11 Å². The van der Waals surface area contributed by atoms with E-state index in [0.717, 1.165) is 33.4 Å². The quantitative estimate of drug-likeness (QED) is 0.145. The number of ether oxygens (including phenoxy) is 2. The van der Waals surface area contributed by atoms with Gasteiger partial charge in [0.05, 0.1) is 17.8 Å². The summed E-state index contributed by atoms with van der Waals surface area (Å²) in [5, 5.41) is 8.04. The number of methoxy groups -OCH3 is 1. The molecule has 0 spiro atoms. The Hall–Kier alpha value is -4.17. The summed E-state index contributed by atoms with van der Waals surface area (Å²) < 4.78 is 10.9. The molecule has 0 aliphatic rings. The number of nitrogens with zero attached hydrogens (tertiary/aromatic N) is 3.